The number of halogens is 1. The molecule has 1 aliphatic rings. The Morgan fingerprint density at radius 1 is 1.32 bits per heavy atom. The number of aliphatic carboxylic acids is 1. The molecular weight excluding hydrogens is 269 g/mol. The quantitative estimate of drug-likeness (QED) is 0.811. The summed E-state index contributed by atoms with van der Waals surface area (Å²) in [5.41, 5.74) is 0. The van der Waals surface area contributed by atoms with Crippen molar-refractivity contribution in [2.24, 2.45) is 0 Å². The van der Waals surface area contributed by atoms with Crippen molar-refractivity contribution < 1.29 is 19.1 Å². The average Bonchev–Trinajstić information content (AvgIpc) is 3.19. The third-order valence-corrected chi connectivity index (χ3v) is 3.79. The third kappa shape index (κ3) is 4.24. The molecule has 0 bridgehead atoms. The van der Waals surface area contributed by atoms with Gasteiger partial charge in [0.2, 0.25) is 5.91 Å². The molecule has 2 rings (SSSR count). The molecule has 4 nitrogen and oxygen atoms in total. The summed E-state index contributed by atoms with van der Waals surface area (Å²) < 4.78 is 12.7. The monoisotopic (exact) mass is 283 g/mol. The van der Waals surface area contributed by atoms with E-state index in [4.69, 9.17) is 5.11 Å². The summed E-state index contributed by atoms with van der Waals surface area (Å²) in [5.74, 6) is -1.32. The Bertz CT molecular complexity index is 473. The van der Waals surface area contributed by atoms with Gasteiger partial charge in [-0.2, -0.15) is 0 Å². The second kappa shape index (κ2) is 6.06. The minimum Gasteiger partial charge on any atom is -0.480 e. The zero-order chi connectivity index (χ0) is 13.8. The first-order valence-electron chi connectivity index (χ1n) is 5.96. The van der Waals surface area contributed by atoms with Crippen molar-refractivity contribution in [1.29, 1.82) is 0 Å². The van der Waals surface area contributed by atoms with Gasteiger partial charge in [0, 0.05) is 10.9 Å². The number of rotatable bonds is 6. The van der Waals surface area contributed by atoms with Crippen LogP contribution in [0.15, 0.2) is 29.2 Å². The van der Waals surface area contributed by atoms with Crippen LogP contribution in [0, 0.1) is 5.82 Å². The van der Waals surface area contributed by atoms with Crippen molar-refractivity contribution in [2.75, 3.05) is 12.3 Å². The standard InChI is InChI=1S/C13H14FNO3S/c14-9-1-5-11(6-2-9)19-8-12(16)15(7-13(17)18)10-3-4-10/h1-2,5-6,10H,3-4,7-8H2,(H,17,18). The molecule has 6 heteroatoms. The van der Waals surface area contributed by atoms with Crippen molar-refractivity contribution in [3.8, 4) is 0 Å². The van der Waals surface area contributed by atoms with Gasteiger partial charge in [-0.05, 0) is 37.1 Å². The van der Waals surface area contributed by atoms with Crippen LogP contribution >= 0.6 is 11.8 Å². The SMILES string of the molecule is O=C(O)CN(C(=O)CSc1ccc(F)cc1)C1CC1. The molecule has 1 N–H and O–H groups in total. The Hall–Kier alpha value is -1.56. The maximum atomic E-state index is 12.7. The Morgan fingerprint density at radius 2 is 1.95 bits per heavy atom. The van der Waals surface area contributed by atoms with Gasteiger partial charge in [-0.15, -0.1) is 11.8 Å². The van der Waals surface area contributed by atoms with Gasteiger partial charge in [-0.3, -0.25) is 9.59 Å². The Morgan fingerprint density at radius 3 is 2.47 bits per heavy atom. The number of carbonyl (C=O) groups is 2. The van der Waals surface area contributed by atoms with E-state index in [0.717, 1.165) is 17.7 Å². The topological polar surface area (TPSA) is 57.6 Å². The van der Waals surface area contributed by atoms with Crippen LogP contribution < -0.4 is 0 Å². The first-order chi connectivity index (χ1) is 9.06. The van der Waals surface area contributed by atoms with Crippen molar-refractivity contribution >= 4 is 23.6 Å². The zero-order valence-corrected chi connectivity index (χ0v) is 11.0. The largest absolute Gasteiger partial charge is 0.480 e. The second-order valence-electron chi connectivity index (χ2n) is 4.39. The van der Waals surface area contributed by atoms with Gasteiger partial charge in [0.15, 0.2) is 0 Å². The molecule has 0 saturated heterocycles. The zero-order valence-electron chi connectivity index (χ0n) is 10.2. The lowest BCUT2D eigenvalue weighted by Crippen LogP contribution is -2.38. The normalized spacial score (nSPS) is 14.2. The van der Waals surface area contributed by atoms with E-state index in [1.807, 2.05) is 0 Å². The molecule has 0 radical (unpaired) electrons. The van der Waals surface area contributed by atoms with Gasteiger partial charge in [0.05, 0.1) is 5.75 Å². The number of carboxylic acid groups (broad SMARTS) is 1. The number of amides is 1. The average molecular weight is 283 g/mol. The summed E-state index contributed by atoms with van der Waals surface area (Å²) >= 11 is 1.29. The van der Waals surface area contributed by atoms with E-state index in [-0.39, 0.29) is 30.1 Å². The Balaban J connectivity index is 1.88. The molecule has 19 heavy (non-hydrogen) atoms. The van der Waals surface area contributed by atoms with Crippen molar-refractivity contribution in [2.45, 2.75) is 23.8 Å². The highest BCUT2D eigenvalue weighted by atomic mass is 32.2. The smallest absolute Gasteiger partial charge is 0.323 e. The molecule has 1 aromatic carbocycles. The molecule has 0 atom stereocenters. The fraction of sp³-hybridized carbons (Fsp3) is 0.385. The number of carbonyl (C=O) groups excluding carboxylic acids is 1. The summed E-state index contributed by atoms with van der Waals surface area (Å²) in [6.45, 7) is -0.243. The third-order valence-electron chi connectivity index (χ3n) is 2.79. The van der Waals surface area contributed by atoms with Crippen LogP contribution in [0.25, 0.3) is 0 Å². The van der Waals surface area contributed by atoms with Gasteiger partial charge in [0.1, 0.15) is 12.4 Å². The predicted molar refractivity (Wildman–Crippen MR) is 69.5 cm³/mol. The van der Waals surface area contributed by atoms with Gasteiger partial charge in [0.25, 0.3) is 0 Å². The first kappa shape index (κ1) is 13.9. The van der Waals surface area contributed by atoms with E-state index in [2.05, 4.69) is 0 Å². The molecule has 0 aliphatic heterocycles. The highest BCUT2D eigenvalue weighted by Crippen LogP contribution is 2.28. The summed E-state index contributed by atoms with van der Waals surface area (Å²) in [6.07, 6.45) is 1.75. The molecule has 1 aromatic rings. The van der Waals surface area contributed by atoms with Crippen molar-refractivity contribution in [1.82, 2.24) is 4.90 Å². The number of carboxylic acids is 1. The van der Waals surface area contributed by atoms with Crippen molar-refractivity contribution in [3.05, 3.63) is 30.1 Å². The van der Waals surface area contributed by atoms with Crippen LogP contribution in [0.5, 0.6) is 0 Å². The highest BCUT2D eigenvalue weighted by molar-refractivity contribution is 8.00. The lowest BCUT2D eigenvalue weighted by Gasteiger charge is -2.19. The van der Waals surface area contributed by atoms with E-state index in [9.17, 15) is 14.0 Å². The molecule has 1 fully saturated rings. The van der Waals surface area contributed by atoms with E-state index in [1.165, 1.54) is 28.8 Å². The minimum absolute atomic E-state index is 0.0809. The number of nitrogens with zero attached hydrogens (tertiary/aromatic N) is 1. The molecule has 0 heterocycles. The van der Waals surface area contributed by atoms with Crippen molar-refractivity contribution in [3.63, 3.8) is 0 Å². The fourth-order valence-corrected chi connectivity index (χ4v) is 2.50. The molecule has 1 saturated carbocycles. The van der Waals surface area contributed by atoms with Crippen LogP contribution in [0.3, 0.4) is 0 Å². The summed E-state index contributed by atoms with van der Waals surface area (Å²) in [5, 5.41) is 8.78. The van der Waals surface area contributed by atoms with E-state index in [0.29, 0.717) is 0 Å². The Kier molecular flexibility index (Phi) is 4.42. The lowest BCUT2D eigenvalue weighted by molar-refractivity contribution is -0.143. The van der Waals surface area contributed by atoms with E-state index >= 15 is 0 Å². The Labute approximate surface area is 114 Å². The van der Waals surface area contributed by atoms with Crippen LogP contribution in [0.1, 0.15) is 12.8 Å². The maximum absolute atomic E-state index is 12.7. The van der Waals surface area contributed by atoms with E-state index < -0.39 is 5.97 Å². The summed E-state index contributed by atoms with van der Waals surface area (Å²) in [7, 11) is 0. The molecule has 1 aliphatic carbocycles. The lowest BCUT2D eigenvalue weighted by atomic mass is 10.4. The number of benzene rings is 1. The highest BCUT2D eigenvalue weighted by Gasteiger charge is 2.33. The fourth-order valence-electron chi connectivity index (χ4n) is 1.71. The summed E-state index contributed by atoms with van der Waals surface area (Å²) in [6, 6.07) is 5.96. The van der Waals surface area contributed by atoms with Gasteiger partial charge in [-0.25, -0.2) is 4.39 Å². The molecule has 0 unspecified atom stereocenters. The van der Waals surface area contributed by atoms with Gasteiger partial charge < -0.3 is 10.0 Å². The summed E-state index contributed by atoms with van der Waals surface area (Å²) in [4.78, 5) is 24.9. The molecule has 102 valence electrons. The maximum Gasteiger partial charge on any atom is 0.323 e. The van der Waals surface area contributed by atoms with Gasteiger partial charge >= 0.3 is 5.97 Å². The van der Waals surface area contributed by atoms with Crippen LogP contribution in [-0.4, -0.2) is 40.2 Å². The number of thioether (sulfide) groups is 1. The van der Waals surface area contributed by atoms with Crippen LogP contribution in [-0.2, 0) is 9.59 Å². The van der Waals surface area contributed by atoms with E-state index in [1.54, 1.807) is 12.1 Å². The molecule has 1 amide bonds. The number of hydrogen-bond acceptors (Lipinski definition) is 3. The molecular formula is C13H14FNO3S. The van der Waals surface area contributed by atoms with Crippen LogP contribution in [0.2, 0.25) is 0 Å². The first-order valence-corrected chi connectivity index (χ1v) is 6.94. The minimum atomic E-state index is -0.993. The molecule has 0 aromatic heterocycles. The van der Waals surface area contributed by atoms with Crippen LogP contribution in [0.4, 0.5) is 4.39 Å². The molecule has 0 spiro atoms. The second-order valence-corrected chi connectivity index (χ2v) is 5.44. The predicted octanol–water partition coefficient (Wildman–Crippen LogP) is 1.99. The van der Waals surface area contributed by atoms with Gasteiger partial charge in [-0.1, -0.05) is 0 Å². The number of hydrogen-bond donors (Lipinski definition) is 1.